The van der Waals surface area contributed by atoms with Gasteiger partial charge in [-0.25, -0.2) is 4.79 Å². The number of hydrogen-bond donors (Lipinski definition) is 1. The Morgan fingerprint density at radius 3 is 2.66 bits per heavy atom. The average molecular weight is 391 g/mol. The summed E-state index contributed by atoms with van der Waals surface area (Å²) in [6.07, 6.45) is 0.813. The summed E-state index contributed by atoms with van der Waals surface area (Å²) < 4.78 is 7.21. The average Bonchev–Trinajstić information content (AvgIpc) is 3.07. The maximum Gasteiger partial charge on any atom is 0.359 e. The number of aromatic nitrogens is 2. The van der Waals surface area contributed by atoms with E-state index in [-0.39, 0.29) is 11.7 Å². The fourth-order valence-corrected chi connectivity index (χ4v) is 3.85. The highest BCUT2D eigenvalue weighted by Crippen LogP contribution is 2.26. The molecule has 29 heavy (non-hydrogen) atoms. The number of carbonyl (C=O) groups is 1. The van der Waals surface area contributed by atoms with Gasteiger partial charge in [-0.1, -0.05) is 42.5 Å². The summed E-state index contributed by atoms with van der Waals surface area (Å²) in [7, 11) is 0. The normalized spacial score (nSPS) is 13.8. The van der Waals surface area contributed by atoms with Crippen LogP contribution in [0.4, 0.5) is 0 Å². The van der Waals surface area contributed by atoms with Crippen LogP contribution in [-0.2, 0) is 30.8 Å². The standard InChI is InChI=1S/C23H25N3O3/c1-2-29-23(28)22-20-16-25(14-18-9-6-10-19(27)13-18)12-11-21(20)26(24-22)15-17-7-4-3-5-8-17/h3-10,13,27H,2,11-12,14-16H2,1H3. The van der Waals surface area contributed by atoms with Crippen LogP contribution in [0.5, 0.6) is 5.75 Å². The van der Waals surface area contributed by atoms with Gasteiger partial charge in [-0.3, -0.25) is 9.58 Å². The van der Waals surface area contributed by atoms with Gasteiger partial charge in [0.25, 0.3) is 0 Å². The quantitative estimate of drug-likeness (QED) is 0.653. The minimum Gasteiger partial charge on any atom is -0.508 e. The first-order chi connectivity index (χ1) is 14.1. The Bertz CT molecular complexity index is 998. The zero-order valence-corrected chi connectivity index (χ0v) is 16.5. The molecule has 0 bridgehead atoms. The van der Waals surface area contributed by atoms with Crippen LogP contribution in [0.3, 0.4) is 0 Å². The highest BCUT2D eigenvalue weighted by Gasteiger charge is 2.29. The van der Waals surface area contributed by atoms with Crippen LogP contribution in [0.25, 0.3) is 0 Å². The topological polar surface area (TPSA) is 67.6 Å². The lowest BCUT2D eigenvalue weighted by Gasteiger charge is -2.27. The maximum atomic E-state index is 12.5. The molecule has 0 unspecified atom stereocenters. The highest BCUT2D eigenvalue weighted by molar-refractivity contribution is 5.89. The van der Waals surface area contributed by atoms with Crippen molar-refractivity contribution in [3.8, 4) is 5.75 Å². The first-order valence-corrected chi connectivity index (χ1v) is 9.94. The number of ether oxygens (including phenoxy) is 1. The summed E-state index contributed by atoms with van der Waals surface area (Å²) in [5, 5.41) is 14.4. The molecule has 2 heterocycles. The molecule has 150 valence electrons. The van der Waals surface area contributed by atoms with Gasteiger partial charge >= 0.3 is 5.97 Å². The van der Waals surface area contributed by atoms with E-state index >= 15 is 0 Å². The van der Waals surface area contributed by atoms with Crippen molar-refractivity contribution in [1.29, 1.82) is 0 Å². The number of rotatable bonds is 6. The predicted molar refractivity (Wildman–Crippen MR) is 110 cm³/mol. The molecule has 6 nitrogen and oxygen atoms in total. The number of fused-ring (bicyclic) bond motifs is 1. The molecule has 6 heteroatoms. The van der Waals surface area contributed by atoms with Crippen LogP contribution in [0.1, 0.15) is 39.8 Å². The summed E-state index contributed by atoms with van der Waals surface area (Å²) in [4.78, 5) is 14.8. The van der Waals surface area contributed by atoms with E-state index in [4.69, 9.17) is 4.74 Å². The van der Waals surface area contributed by atoms with Crippen LogP contribution in [0.2, 0.25) is 0 Å². The zero-order valence-electron chi connectivity index (χ0n) is 16.5. The number of hydrogen-bond acceptors (Lipinski definition) is 5. The summed E-state index contributed by atoms with van der Waals surface area (Å²) >= 11 is 0. The number of carbonyl (C=O) groups excluding carboxylic acids is 1. The van der Waals surface area contributed by atoms with Gasteiger partial charge in [-0.2, -0.15) is 5.10 Å². The van der Waals surface area contributed by atoms with Crippen molar-refractivity contribution in [2.24, 2.45) is 0 Å². The Balaban J connectivity index is 1.61. The first kappa shape index (κ1) is 19.2. The van der Waals surface area contributed by atoms with Crippen molar-refractivity contribution in [3.63, 3.8) is 0 Å². The second kappa shape index (κ2) is 8.49. The molecule has 0 fully saturated rings. The second-order valence-electron chi connectivity index (χ2n) is 7.27. The summed E-state index contributed by atoms with van der Waals surface area (Å²) in [6, 6.07) is 17.4. The van der Waals surface area contributed by atoms with Gasteiger partial charge in [-0.05, 0) is 30.2 Å². The Morgan fingerprint density at radius 1 is 1.10 bits per heavy atom. The third-order valence-corrected chi connectivity index (χ3v) is 5.17. The van der Waals surface area contributed by atoms with E-state index < -0.39 is 0 Å². The predicted octanol–water partition coefficient (Wildman–Crippen LogP) is 3.37. The van der Waals surface area contributed by atoms with Crippen LogP contribution < -0.4 is 0 Å². The van der Waals surface area contributed by atoms with Crippen LogP contribution in [0, 0.1) is 0 Å². The molecule has 3 aromatic rings. The molecule has 0 saturated heterocycles. The van der Waals surface area contributed by atoms with Crippen molar-refractivity contribution in [2.75, 3.05) is 13.2 Å². The van der Waals surface area contributed by atoms with Gasteiger partial charge in [0.15, 0.2) is 5.69 Å². The SMILES string of the molecule is CCOC(=O)c1nn(Cc2ccccc2)c2c1CN(Cc1cccc(O)c1)CC2. The number of aromatic hydroxyl groups is 1. The lowest BCUT2D eigenvalue weighted by Crippen LogP contribution is -2.31. The molecular formula is C23H25N3O3. The van der Waals surface area contributed by atoms with Gasteiger partial charge in [0.1, 0.15) is 5.75 Å². The Kier molecular flexibility index (Phi) is 5.62. The minimum atomic E-state index is -0.366. The smallest absolute Gasteiger partial charge is 0.359 e. The molecule has 2 aromatic carbocycles. The lowest BCUT2D eigenvalue weighted by atomic mass is 10.0. The van der Waals surface area contributed by atoms with E-state index in [1.807, 2.05) is 35.0 Å². The molecule has 1 aliphatic heterocycles. The van der Waals surface area contributed by atoms with Crippen LogP contribution in [-0.4, -0.2) is 38.9 Å². The highest BCUT2D eigenvalue weighted by atomic mass is 16.5. The molecule has 0 saturated carbocycles. The molecule has 1 aliphatic rings. The van der Waals surface area contributed by atoms with Crippen molar-refractivity contribution in [3.05, 3.63) is 82.7 Å². The second-order valence-corrected chi connectivity index (χ2v) is 7.27. The molecule has 0 aliphatic carbocycles. The Labute approximate surface area is 170 Å². The van der Waals surface area contributed by atoms with Gasteiger partial charge in [-0.15, -0.1) is 0 Å². The summed E-state index contributed by atoms with van der Waals surface area (Å²) in [5.74, 6) is -0.0992. The fourth-order valence-electron chi connectivity index (χ4n) is 3.85. The molecule has 1 N–H and O–H groups in total. The van der Waals surface area contributed by atoms with E-state index in [0.29, 0.717) is 31.9 Å². The van der Waals surface area contributed by atoms with E-state index in [1.165, 1.54) is 0 Å². The Hall–Kier alpha value is -3.12. The molecule has 0 radical (unpaired) electrons. The number of nitrogens with zero attached hydrogens (tertiary/aromatic N) is 3. The molecule has 4 rings (SSSR count). The van der Waals surface area contributed by atoms with Crippen LogP contribution >= 0.6 is 0 Å². The fraction of sp³-hybridized carbons (Fsp3) is 0.304. The van der Waals surface area contributed by atoms with Crippen LogP contribution in [0.15, 0.2) is 54.6 Å². The van der Waals surface area contributed by atoms with Crippen molar-refractivity contribution < 1.29 is 14.6 Å². The molecule has 1 aromatic heterocycles. The third-order valence-electron chi connectivity index (χ3n) is 5.17. The lowest BCUT2D eigenvalue weighted by molar-refractivity contribution is 0.0515. The Morgan fingerprint density at radius 2 is 1.90 bits per heavy atom. The van der Waals surface area contributed by atoms with E-state index in [0.717, 1.165) is 35.3 Å². The maximum absolute atomic E-state index is 12.5. The molecular weight excluding hydrogens is 366 g/mol. The van der Waals surface area contributed by atoms with Gasteiger partial charge < -0.3 is 9.84 Å². The number of phenolic OH excluding ortho intramolecular Hbond substituents is 1. The summed E-state index contributed by atoms with van der Waals surface area (Å²) in [5.41, 5.74) is 4.66. The third kappa shape index (κ3) is 4.32. The van der Waals surface area contributed by atoms with Gasteiger partial charge in [0.2, 0.25) is 0 Å². The first-order valence-electron chi connectivity index (χ1n) is 9.94. The number of esters is 1. The summed E-state index contributed by atoms with van der Waals surface area (Å²) in [6.45, 7) is 4.97. The van der Waals surface area contributed by atoms with E-state index in [1.54, 1.807) is 19.1 Å². The van der Waals surface area contributed by atoms with Crippen molar-refractivity contribution in [1.82, 2.24) is 14.7 Å². The molecule has 0 amide bonds. The van der Waals surface area contributed by atoms with Crippen molar-refractivity contribution >= 4 is 5.97 Å². The zero-order chi connectivity index (χ0) is 20.2. The number of benzene rings is 2. The van der Waals surface area contributed by atoms with Gasteiger partial charge in [0.05, 0.1) is 13.2 Å². The van der Waals surface area contributed by atoms with Crippen molar-refractivity contribution in [2.45, 2.75) is 33.0 Å². The molecule has 0 atom stereocenters. The molecule has 0 spiro atoms. The minimum absolute atomic E-state index is 0.267. The van der Waals surface area contributed by atoms with E-state index in [2.05, 4.69) is 22.1 Å². The largest absolute Gasteiger partial charge is 0.508 e. The van der Waals surface area contributed by atoms with E-state index in [9.17, 15) is 9.90 Å². The number of phenols is 1. The monoisotopic (exact) mass is 391 g/mol. The van der Waals surface area contributed by atoms with Gasteiger partial charge in [0, 0.05) is 37.3 Å².